The summed E-state index contributed by atoms with van der Waals surface area (Å²) in [5.41, 5.74) is 2.88. The predicted molar refractivity (Wildman–Crippen MR) is 113 cm³/mol. The molecule has 1 unspecified atom stereocenters. The lowest BCUT2D eigenvalue weighted by Crippen LogP contribution is -2.30. The molecule has 2 aromatic carbocycles. The third-order valence-electron chi connectivity index (χ3n) is 4.88. The molecule has 0 aliphatic carbocycles. The zero-order valence-corrected chi connectivity index (χ0v) is 17.9. The maximum absolute atomic E-state index is 13.7. The number of anilines is 1. The fraction of sp³-hybridized carbons (Fsp3) is 0.190. The molecule has 8 heteroatoms. The van der Waals surface area contributed by atoms with Crippen LogP contribution < -0.4 is 4.90 Å². The number of amides is 1. The van der Waals surface area contributed by atoms with Gasteiger partial charge < -0.3 is 4.57 Å². The fourth-order valence-corrected chi connectivity index (χ4v) is 4.57. The van der Waals surface area contributed by atoms with Crippen molar-refractivity contribution in [3.05, 3.63) is 86.4 Å². The molecule has 3 aromatic rings. The van der Waals surface area contributed by atoms with Crippen LogP contribution in [0.5, 0.6) is 0 Å². The van der Waals surface area contributed by atoms with Crippen molar-refractivity contribution in [2.75, 3.05) is 4.90 Å². The van der Waals surface area contributed by atoms with Gasteiger partial charge in [-0.2, -0.15) is 0 Å². The first-order chi connectivity index (χ1) is 13.8. The van der Waals surface area contributed by atoms with Crippen molar-refractivity contribution in [2.45, 2.75) is 25.9 Å². The molecule has 1 aliphatic heterocycles. The van der Waals surface area contributed by atoms with E-state index in [-0.39, 0.29) is 17.0 Å². The molecule has 0 fully saturated rings. The molecule has 0 radical (unpaired) electrons. The molecule has 2 heterocycles. The number of hydrogen-bond donors (Lipinski definition) is 0. The average Bonchev–Trinajstić information content (AvgIpc) is 3.17. The average molecular weight is 474 g/mol. The van der Waals surface area contributed by atoms with Crippen LogP contribution >= 0.6 is 27.5 Å². The van der Waals surface area contributed by atoms with Crippen LogP contribution in [0.25, 0.3) is 4.85 Å². The van der Waals surface area contributed by atoms with Gasteiger partial charge in [0.15, 0.2) is 16.1 Å². The third kappa shape index (κ3) is 3.13. The number of halogens is 3. The van der Waals surface area contributed by atoms with Crippen molar-refractivity contribution in [3.63, 3.8) is 0 Å². The van der Waals surface area contributed by atoms with Crippen LogP contribution in [-0.2, 0) is 0 Å². The first-order valence-electron chi connectivity index (χ1n) is 8.87. The van der Waals surface area contributed by atoms with E-state index < -0.39 is 11.9 Å². The lowest BCUT2D eigenvalue weighted by Gasteiger charge is -2.28. The van der Waals surface area contributed by atoms with Gasteiger partial charge in [0.2, 0.25) is 0 Å². The van der Waals surface area contributed by atoms with Crippen molar-refractivity contribution in [2.24, 2.45) is 0 Å². The van der Waals surface area contributed by atoms with Gasteiger partial charge in [-0.3, -0.25) is 9.69 Å². The number of rotatable bonds is 3. The highest BCUT2D eigenvalue weighted by molar-refractivity contribution is 9.10. The molecule has 0 spiro atoms. The third-order valence-corrected chi connectivity index (χ3v) is 5.73. The SMILES string of the molecule is [C-]#[N+]c1ccc(C2c3c(nc(Br)n3C(C)C)C(=O)N2c2ccc(F)c(Cl)c2)cc1. The van der Waals surface area contributed by atoms with Crippen molar-refractivity contribution < 1.29 is 9.18 Å². The smallest absolute Gasteiger partial charge is 0.279 e. The molecule has 1 aromatic heterocycles. The summed E-state index contributed by atoms with van der Waals surface area (Å²) in [7, 11) is 0. The molecule has 0 saturated carbocycles. The Labute approximate surface area is 180 Å². The van der Waals surface area contributed by atoms with E-state index in [2.05, 4.69) is 25.8 Å². The Kier molecular flexibility index (Phi) is 4.93. The minimum atomic E-state index is -0.551. The zero-order chi connectivity index (χ0) is 20.9. The molecule has 1 amide bonds. The quantitative estimate of drug-likeness (QED) is 0.418. The lowest BCUT2D eigenvalue weighted by atomic mass is 10.0. The highest BCUT2D eigenvalue weighted by Crippen LogP contribution is 2.44. The first kappa shape index (κ1) is 19.6. The summed E-state index contributed by atoms with van der Waals surface area (Å²) in [5, 5.41) is -0.0603. The van der Waals surface area contributed by atoms with Crippen molar-refractivity contribution in [1.82, 2.24) is 9.55 Å². The molecule has 1 atom stereocenters. The largest absolute Gasteiger partial charge is 0.317 e. The molecule has 5 nitrogen and oxygen atoms in total. The number of benzene rings is 2. The molecule has 1 aliphatic rings. The summed E-state index contributed by atoms with van der Waals surface area (Å²) in [6, 6.07) is 10.9. The first-order valence-corrected chi connectivity index (χ1v) is 10.0. The van der Waals surface area contributed by atoms with Gasteiger partial charge in [0, 0.05) is 11.7 Å². The molecule has 29 heavy (non-hydrogen) atoms. The monoisotopic (exact) mass is 472 g/mol. The predicted octanol–water partition coefficient (Wildman–Crippen LogP) is 6.32. The van der Waals surface area contributed by atoms with Gasteiger partial charge in [0.25, 0.3) is 5.91 Å². The number of fused-ring (bicyclic) bond motifs is 1. The van der Waals surface area contributed by atoms with Crippen LogP contribution in [0.2, 0.25) is 5.02 Å². The van der Waals surface area contributed by atoms with Crippen molar-refractivity contribution >= 4 is 44.8 Å². The van der Waals surface area contributed by atoms with Crippen LogP contribution in [-0.4, -0.2) is 15.5 Å². The van der Waals surface area contributed by atoms with Crippen LogP contribution in [0.1, 0.15) is 47.7 Å². The van der Waals surface area contributed by atoms with Crippen LogP contribution in [0.15, 0.2) is 47.2 Å². The Bertz CT molecular complexity index is 1170. The van der Waals surface area contributed by atoms with Crippen LogP contribution in [0.4, 0.5) is 15.8 Å². The minimum absolute atomic E-state index is 0.0511. The highest BCUT2D eigenvalue weighted by Gasteiger charge is 2.44. The number of hydrogen-bond acceptors (Lipinski definition) is 2. The van der Waals surface area contributed by atoms with Crippen molar-refractivity contribution in [3.8, 4) is 0 Å². The molecular formula is C21H15BrClFN4O. The summed E-state index contributed by atoms with van der Waals surface area (Å²) >= 11 is 9.45. The summed E-state index contributed by atoms with van der Waals surface area (Å²) in [6.07, 6.45) is 0. The van der Waals surface area contributed by atoms with Gasteiger partial charge in [0.1, 0.15) is 11.9 Å². The van der Waals surface area contributed by atoms with Gasteiger partial charge in [-0.25, -0.2) is 14.2 Å². The summed E-state index contributed by atoms with van der Waals surface area (Å²) < 4.78 is 16.3. The zero-order valence-electron chi connectivity index (χ0n) is 15.5. The molecular weight excluding hydrogens is 459 g/mol. The maximum Gasteiger partial charge on any atom is 0.279 e. The number of carbonyl (C=O) groups excluding carboxylic acids is 1. The second kappa shape index (κ2) is 7.29. The Morgan fingerprint density at radius 3 is 2.52 bits per heavy atom. The van der Waals surface area contributed by atoms with Gasteiger partial charge in [0.05, 0.1) is 17.3 Å². The normalized spacial score (nSPS) is 15.7. The van der Waals surface area contributed by atoms with Gasteiger partial charge >= 0.3 is 0 Å². The second-order valence-electron chi connectivity index (χ2n) is 6.96. The summed E-state index contributed by atoms with van der Waals surface area (Å²) in [6.45, 7) is 11.2. The van der Waals surface area contributed by atoms with Crippen LogP contribution in [0.3, 0.4) is 0 Å². The lowest BCUT2D eigenvalue weighted by molar-refractivity contribution is 0.0989. The van der Waals surface area contributed by atoms with E-state index >= 15 is 0 Å². The van der Waals surface area contributed by atoms with E-state index in [4.69, 9.17) is 18.2 Å². The molecule has 0 saturated heterocycles. The van der Waals surface area contributed by atoms with E-state index in [9.17, 15) is 9.18 Å². The Morgan fingerprint density at radius 1 is 1.24 bits per heavy atom. The maximum atomic E-state index is 13.7. The Morgan fingerprint density at radius 2 is 1.93 bits per heavy atom. The Hall–Kier alpha value is -2.69. The molecule has 146 valence electrons. The van der Waals surface area contributed by atoms with E-state index in [1.807, 2.05) is 30.5 Å². The van der Waals surface area contributed by atoms with Gasteiger partial charge in [-0.15, -0.1) is 0 Å². The van der Waals surface area contributed by atoms with Crippen LogP contribution in [0, 0.1) is 12.4 Å². The molecule has 0 bridgehead atoms. The van der Waals surface area contributed by atoms with Crippen molar-refractivity contribution in [1.29, 1.82) is 0 Å². The Balaban J connectivity index is 1.95. The number of carbonyl (C=O) groups is 1. The summed E-state index contributed by atoms with van der Waals surface area (Å²) in [5.74, 6) is -0.841. The molecule has 0 N–H and O–H groups in total. The van der Waals surface area contributed by atoms with E-state index in [1.54, 1.807) is 17.0 Å². The van der Waals surface area contributed by atoms with Gasteiger partial charge in [-0.1, -0.05) is 35.9 Å². The number of imidazole rings is 1. The minimum Gasteiger partial charge on any atom is -0.317 e. The number of aromatic nitrogens is 2. The number of nitrogens with zero attached hydrogens (tertiary/aromatic N) is 4. The molecule has 4 rings (SSSR count). The topological polar surface area (TPSA) is 42.5 Å². The second-order valence-corrected chi connectivity index (χ2v) is 8.07. The highest BCUT2D eigenvalue weighted by atomic mass is 79.9. The summed E-state index contributed by atoms with van der Waals surface area (Å²) in [4.78, 5) is 22.8. The van der Waals surface area contributed by atoms with E-state index in [0.717, 1.165) is 11.3 Å². The van der Waals surface area contributed by atoms with Gasteiger partial charge in [-0.05, 0) is 53.5 Å². The standard InChI is InChI=1S/C21H15BrClFN4O/c1-11(2)27-19-17(26-21(27)22)20(29)28(14-8-9-16(24)15(23)10-14)18(19)12-4-6-13(25-3)7-5-12/h4-11,18H,1-2H3. The fourth-order valence-electron chi connectivity index (χ4n) is 3.62. The van der Waals surface area contributed by atoms with E-state index in [0.29, 0.717) is 21.8 Å². The van der Waals surface area contributed by atoms with E-state index in [1.165, 1.54) is 18.2 Å².